The number of nitrogens with zero attached hydrogens (tertiary/aromatic N) is 1. The summed E-state index contributed by atoms with van der Waals surface area (Å²) in [5.41, 5.74) is 1.26. The van der Waals surface area contributed by atoms with E-state index in [0.717, 1.165) is 18.5 Å². The van der Waals surface area contributed by atoms with E-state index in [9.17, 15) is 9.90 Å². The van der Waals surface area contributed by atoms with Gasteiger partial charge in [-0.25, -0.2) is 5.84 Å². The molecule has 0 saturated carbocycles. The van der Waals surface area contributed by atoms with Crippen molar-refractivity contribution in [2.24, 2.45) is 17.7 Å². The van der Waals surface area contributed by atoms with Crippen LogP contribution in [0, 0.1) is 11.8 Å². The third-order valence-electron chi connectivity index (χ3n) is 4.69. The van der Waals surface area contributed by atoms with Crippen LogP contribution in [-0.4, -0.2) is 42.3 Å². The number of aldehydes is 1. The molecular weight excluding hydrogens is 332 g/mol. The molecule has 0 aliphatic carbocycles. The largest absolute Gasteiger partial charge is 0.507 e. The van der Waals surface area contributed by atoms with Crippen LogP contribution in [0.5, 0.6) is 11.5 Å². The molecule has 1 aromatic rings. The molecule has 1 aromatic carbocycles. The Bertz CT molecular complexity index is 630. The molecule has 6 nitrogen and oxygen atoms in total. The van der Waals surface area contributed by atoms with Crippen LogP contribution in [0.3, 0.4) is 0 Å². The predicted molar refractivity (Wildman–Crippen MR) is 101 cm³/mol. The predicted octanol–water partition coefficient (Wildman–Crippen LogP) is 3.11. The van der Waals surface area contributed by atoms with Crippen molar-refractivity contribution >= 4 is 6.29 Å². The molecule has 3 N–H and O–H groups in total. The lowest BCUT2D eigenvalue weighted by molar-refractivity contribution is 0.111. The number of phenols is 1. The number of aromatic hydroxyl groups is 1. The molecule has 1 fully saturated rings. The molecule has 1 saturated heterocycles. The lowest BCUT2D eigenvalue weighted by Crippen LogP contribution is -2.41. The summed E-state index contributed by atoms with van der Waals surface area (Å²) in [5.74, 6) is 6.89. The number of hydrazine groups is 1. The topological polar surface area (TPSA) is 85.0 Å². The molecule has 2 rings (SSSR count). The number of hydrogen-bond donors (Lipinski definition) is 2. The van der Waals surface area contributed by atoms with Crippen molar-refractivity contribution in [1.82, 2.24) is 5.01 Å². The Morgan fingerprint density at radius 2 is 2.23 bits per heavy atom. The zero-order chi connectivity index (χ0) is 19.1. The minimum atomic E-state index is -0.0757. The fraction of sp³-hybridized carbons (Fsp3) is 0.550. The van der Waals surface area contributed by atoms with Crippen LogP contribution in [0.2, 0.25) is 0 Å². The van der Waals surface area contributed by atoms with E-state index in [1.807, 2.05) is 5.01 Å². The lowest BCUT2D eigenvalue weighted by atomic mass is 9.91. The van der Waals surface area contributed by atoms with Gasteiger partial charge in [-0.2, -0.15) is 0 Å². The third-order valence-corrected chi connectivity index (χ3v) is 4.69. The average Bonchev–Trinajstić information content (AvgIpc) is 3.08. The highest BCUT2D eigenvalue weighted by Gasteiger charge is 2.34. The maximum absolute atomic E-state index is 11.2. The van der Waals surface area contributed by atoms with E-state index in [2.05, 4.69) is 26.8 Å². The van der Waals surface area contributed by atoms with Gasteiger partial charge in [-0.1, -0.05) is 25.5 Å². The molecule has 1 aliphatic rings. The minimum absolute atomic E-state index is 0.0757. The van der Waals surface area contributed by atoms with Crippen LogP contribution < -0.4 is 10.6 Å². The highest BCUT2D eigenvalue weighted by atomic mass is 16.5. The summed E-state index contributed by atoms with van der Waals surface area (Å²) >= 11 is 0. The monoisotopic (exact) mass is 362 g/mol. The molecule has 2 atom stereocenters. The van der Waals surface area contributed by atoms with E-state index < -0.39 is 0 Å². The second-order valence-corrected chi connectivity index (χ2v) is 6.94. The summed E-state index contributed by atoms with van der Waals surface area (Å²) in [6.07, 6.45) is 4.82. The first kappa shape index (κ1) is 20.3. The van der Waals surface area contributed by atoms with Crippen LogP contribution >= 0.6 is 0 Å². The maximum atomic E-state index is 11.2. The summed E-state index contributed by atoms with van der Waals surface area (Å²) in [5, 5.41) is 11.6. The summed E-state index contributed by atoms with van der Waals surface area (Å²) in [7, 11) is 0. The van der Waals surface area contributed by atoms with Crippen molar-refractivity contribution in [2.75, 3.05) is 19.8 Å². The quantitative estimate of drug-likeness (QED) is 0.399. The van der Waals surface area contributed by atoms with Crippen molar-refractivity contribution in [2.45, 2.75) is 39.7 Å². The summed E-state index contributed by atoms with van der Waals surface area (Å²) < 4.78 is 11.6. The van der Waals surface area contributed by atoms with Crippen LogP contribution in [0.1, 0.15) is 44.0 Å². The molecule has 0 radical (unpaired) electrons. The Kier molecular flexibility index (Phi) is 7.48. The molecule has 0 aromatic heterocycles. The Labute approximate surface area is 155 Å². The van der Waals surface area contributed by atoms with Crippen molar-refractivity contribution < 1.29 is 19.4 Å². The number of nitrogens with two attached hydrogens (primary N) is 1. The van der Waals surface area contributed by atoms with Crippen molar-refractivity contribution in [3.63, 3.8) is 0 Å². The van der Waals surface area contributed by atoms with E-state index in [1.54, 1.807) is 12.1 Å². The van der Waals surface area contributed by atoms with E-state index >= 15 is 0 Å². The molecule has 2 unspecified atom stereocenters. The summed E-state index contributed by atoms with van der Waals surface area (Å²) in [6, 6.07) is 5.00. The van der Waals surface area contributed by atoms with Gasteiger partial charge in [0.05, 0.1) is 25.4 Å². The Balaban J connectivity index is 2.13. The number of phenolic OH excluding ortho intramolecular Hbond substituents is 1. The van der Waals surface area contributed by atoms with Gasteiger partial charge in [0.2, 0.25) is 0 Å². The van der Waals surface area contributed by atoms with Gasteiger partial charge in [-0.15, -0.1) is 0 Å². The number of benzene rings is 1. The van der Waals surface area contributed by atoms with Crippen LogP contribution in [0.15, 0.2) is 30.0 Å². The number of carbonyl (C=O) groups is 1. The normalized spacial score (nSPS) is 20.4. The number of carbonyl (C=O) groups excluding carboxylic acids is 1. The molecule has 1 aliphatic heterocycles. The van der Waals surface area contributed by atoms with Gasteiger partial charge in [-0.3, -0.25) is 4.79 Å². The Morgan fingerprint density at radius 3 is 2.88 bits per heavy atom. The molecule has 26 heavy (non-hydrogen) atoms. The second kappa shape index (κ2) is 9.59. The number of unbranched alkanes of at least 4 members (excludes halogenated alkanes) is 1. The second-order valence-electron chi connectivity index (χ2n) is 6.94. The molecule has 6 heteroatoms. The smallest absolute Gasteiger partial charge is 0.157 e. The first-order valence-electron chi connectivity index (χ1n) is 9.21. The van der Waals surface area contributed by atoms with Gasteiger partial charge in [0.1, 0.15) is 11.5 Å². The number of ether oxygens (including phenoxy) is 2. The zero-order valence-electron chi connectivity index (χ0n) is 15.9. The van der Waals surface area contributed by atoms with Crippen molar-refractivity contribution in [3.8, 4) is 11.5 Å². The minimum Gasteiger partial charge on any atom is -0.507 e. The molecular formula is C20H30N2O4. The van der Waals surface area contributed by atoms with Gasteiger partial charge < -0.3 is 19.6 Å². The fourth-order valence-electron chi connectivity index (χ4n) is 3.10. The third kappa shape index (κ3) is 4.77. The van der Waals surface area contributed by atoms with Crippen LogP contribution in [0.4, 0.5) is 0 Å². The van der Waals surface area contributed by atoms with Gasteiger partial charge in [-0.05, 0) is 32.4 Å². The van der Waals surface area contributed by atoms with E-state index in [-0.39, 0.29) is 29.2 Å². The molecule has 0 bridgehead atoms. The van der Waals surface area contributed by atoms with Gasteiger partial charge in [0, 0.05) is 23.6 Å². The fourth-order valence-corrected chi connectivity index (χ4v) is 3.10. The van der Waals surface area contributed by atoms with Gasteiger partial charge in [0.15, 0.2) is 6.29 Å². The standard InChI is InChI=1S/C20H30N2O4/c1-4-5-7-18(22(21)14(2)3)17-13-25-11-15(17)12-26-20-9-6-8-19(24)16(20)10-23/h6-10,14-15,17,24H,4-5,11-13,21H2,1-3H3/b18-7-. The first-order valence-corrected chi connectivity index (χ1v) is 9.21. The van der Waals surface area contributed by atoms with E-state index in [0.29, 0.717) is 31.9 Å². The van der Waals surface area contributed by atoms with Gasteiger partial charge >= 0.3 is 0 Å². The number of rotatable bonds is 9. The Hall–Kier alpha value is -2.05. The SMILES string of the molecule is CCC/C=C(/C1COCC1COc1cccc(O)c1C=O)N(N)C(C)C. The summed E-state index contributed by atoms with van der Waals surface area (Å²) in [6.45, 7) is 7.83. The summed E-state index contributed by atoms with van der Waals surface area (Å²) in [4.78, 5) is 11.2. The van der Waals surface area contributed by atoms with Crippen molar-refractivity contribution in [1.29, 1.82) is 0 Å². The number of hydrogen-bond acceptors (Lipinski definition) is 6. The van der Waals surface area contributed by atoms with E-state index in [1.165, 1.54) is 6.07 Å². The van der Waals surface area contributed by atoms with Crippen LogP contribution in [-0.2, 0) is 4.74 Å². The lowest BCUT2D eigenvalue weighted by Gasteiger charge is -2.32. The molecule has 1 heterocycles. The van der Waals surface area contributed by atoms with Gasteiger partial charge in [0.25, 0.3) is 0 Å². The highest BCUT2D eigenvalue weighted by Crippen LogP contribution is 2.32. The Morgan fingerprint density at radius 1 is 1.46 bits per heavy atom. The molecule has 144 valence electrons. The zero-order valence-corrected chi connectivity index (χ0v) is 15.9. The number of allylic oxidation sites excluding steroid dienone is 1. The van der Waals surface area contributed by atoms with Crippen molar-refractivity contribution in [3.05, 3.63) is 35.5 Å². The first-order chi connectivity index (χ1) is 12.5. The van der Waals surface area contributed by atoms with Crippen LogP contribution in [0.25, 0.3) is 0 Å². The molecule has 0 spiro atoms. The maximum Gasteiger partial charge on any atom is 0.157 e. The van der Waals surface area contributed by atoms with E-state index in [4.69, 9.17) is 15.3 Å². The average molecular weight is 362 g/mol. The highest BCUT2D eigenvalue weighted by molar-refractivity contribution is 5.83. The molecule has 0 amide bonds.